The van der Waals surface area contributed by atoms with Gasteiger partial charge in [0.25, 0.3) is 0 Å². The molecule has 1 amide bonds. The van der Waals surface area contributed by atoms with Gasteiger partial charge < -0.3 is 16.2 Å². The highest BCUT2D eigenvalue weighted by atomic mass is 19.1. The Bertz CT molecular complexity index is 701. The molecule has 0 fully saturated rings. The normalized spacial score (nSPS) is 10.1. The second-order valence-electron chi connectivity index (χ2n) is 4.43. The van der Waals surface area contributed by atoms with Gasteiger partial charge in [-0.1, -0.05) is 18.2 Å². The molecule has 0 atom stereocenters. The minimum absolute atomic E-state index is 0.0777. The van der Waals surface area contributed by atoms with Crippen LogP contribution in [0.4, 0.5) is 15.8 Å². The maximum atomic E-state index is 13.5. The van der Waals surface area contributed by atoms with Gasteiger partial charge in [0.1, 0.15) is 5.82 Å². The number of nitrogens with one attached hydrogen (secondary N) is 1. The quantitative estimate of drug-likeness (QED) is 0.752. The number of halogens is 1. The molecule has 2 rings (SSSR count). The van der Waals surface area contributed by atoms with E-state index in [9.17, 15) is 14.0 Å². The van der Waals surface area contributed by atoms with E-state index in [1.54, 1.807) is 6.07 Å². The van der Waals surface area contributed by atoms with Crippen molar-refractivity contribution in [2.24, 2.45) is 0 Å². The lowest BCUT2D eigenvalue weighted by Crippen LogP contribution is -2.17. The van der Waals surface area contributed by atoms with Crippen molar-refractivity contribution in [3.05, 3.63) is 59.4 Å². The third-order valence-corrected chi connectivity index (χ3v) is 2.86. The molecule has 0 radical (unpaired) electrons. The van der Waals surface area contributed by atoms with Crippen LogP contribution < -0.4 is 11.1 Å². The SMILES string of the molecule is Nc1ccc(C(=O)O)c(NC(=O)Cc2ccccc2F)c1. The van der Waals surface area contributed by atoms with Crippen LogP contribution >= 0.6 is 0 Å². The predicted molar refractivity (Wildman–Crippen MR) is 76.5 cm³/mol. The number of hydrogen-bond donors (Lipinski definition) is 3. The average Bonchev–Trinajstić information content (AvgIpc) is 2.41. The Balaban J connectivity index is 2.18. The zero-order valence-corrected chi connectivity index (χ0v) is 11.0. The van der Waals surface area contributed by atoms with Crippen molar-refractivity contribution in [1.29, 1.82) is 0 Å². The summed E-state index contributed by atoms with van der Waals surface area (Å²) < 4.78 is 13.5. The Morgan fingerprint density at radius 3 is 2.57 bits per heavy atom. The first kappa shape index (κ1) is 14.5. The average molecular weight is 288 g/mol. The number of hydrogen-bond acceptors (Lipinski definition) is 3. The van der Waals surface area contributed by atoms with Crippen molar-refractivity contribution in [2.45, 2.75) is 6.42 Å². The highest BCUT2D eigenvalue weighted by Crippen LogP contribution is 2.20. The standard InChI is InChI=1S/C15H13FN2O3/c16-12-4-2-1-3-9(12)7-14(19)18-13-8-10(17)5-6-11(13)15(20)21/h1-6,8H,7,17H2,(H,18,19)(H,20,21). The maximum absolute atomic E-state index is 13.5. The van der Waals surface area contributed by atoms with Gasteiger partial charge in [0, 0.05) is 5.69 Å². The predicted octanol–water partition coefficient (Wildman–Crippen LogP) is 2.29. The van der Waals surface area contributed by atoms with Gasteiger partial charge in [-0.2, -0.15) is 0 Å². The van der Waals surface area contributed by atoms with Gasteiger partial charge in [0.2, 0.25) is 5.91 Å². The summed E-state index contributed by atoms with van der Waals surface area (Å²) in [6.07, 6.45) is -0.194. The number of carbonyl (C=O) groups is 2. The number of anilines is 2. The zero-order valence-electron chi connectivity index (χ0n) is 11.0. The summed E-state index contributed by atoms with van der Waals surface area (Å²) in [7, 11) is 0. The van der Waals surface area contributed by atoms with Crippen molar-refractivity contribution in [3.63, 3.8) is 0 Å². The van der Waals surface area contributed by atoms with Crippen molar-refractivity contribution >= 4 is 23.3 Å². The van der Waals surface area contributed by atoms with E-state index < -0.39 is 17.7 Å². The molecule has 4 N–H and O–H groups in total. The fourth-order valence-corrected chi connectivity index (χ4v) is 1.86. The number of nitrogens with two attached hydrogens (primary N) is 1. The Kier molecular flexibility index (Phi) is 4.18. The summed E-state index contributed by atoms with van der Waals surface area (Å²) in [6.45, 7) is 0. The van der Waals surface area contributed by atoms with Crippen LogP contribution in [0.1, 0.15) is 15.9 Å². The molecule has 5 nitrogen and oxygen atoms in total. The number of amides is 1. The minimum atomic E-state index is -1.18. The fraction of sp³-hybridized carbons (Fsp3) is 0.0667. The number of aromatic carboxylic acids is 1. The molecular weight excluding hydrogens is 275 g/mol. The first-order valence-corrected chi connectivity index (χ1v) is 6.13. The van der Waals surface area contributed by atoms with Gasteiger partial charge in [-0.05, 0) is 29.8 Å². The molecule has 21 heavy (non-hydrogen) atoms. The number of benzene rings is 2. The van der Waals surface area contributed by atoms with Crippen molar-refractivity contribution < 1.29 is 19.1 Å². The molecule has 0 aliphatic heterocycles. The highest BCUT2D eigenvalue weighted by Gasteiger charge is 2.14. The minimum Gasteiger partial charge on any atom is -0.478 e. The van der Waals surface area contributed by atoms with Crippen LogP contribution in [0.3, 0.4) is 0 Å². The summed E-state index contributed by atoms with van der Waals surface area (Å²) in [4.78, 5) is 23.0. The molecule has 0 aromatic heterocycles. The summed E-state index contributed by atoms with van der Waals surface area (Å²) >= 11 is 0. The van der Waals surface area contributed by atoms with Crippen LogP contribution in [-0.2, 0) is 11.2 Å². The van der Waals surface area contributed by atoms with Crippen LogP contribution in [0.15, 0.2) is 42.5 Å². The topological polar surface area (TPSA) is 92.4 Å². The van der Waals surface area contributed by atoms with E-state index in [1.807, 2.05) is 0 Å². The maximum Gasteiger partial charge on any atom is 0.337 e. The molecule has 108 valence electrons. The van der Waals surface area contributed by atoms with Gasteiger partial charge in [-0.3, -0.25) is 4.79 Å². The third kappa shape index (κ3) is 3.56. The summed E-state index contributed by atoms with van der Waals surface area (Å²) in [5, 5.41) is 11.5. The number of rotatable bonds is 4. The zero-order chi connectivity index (χ0) is 15.4. The molecule has 0 aliphatic rings. The molecular formula is C15H13FN2O3. The molecule has 0 aliphatic carbocycles. The second-order valence-corrected chi connectivity index (χ2v) is 4.43. The van der Waals surface area contributed by atoms with E-state index in [0.717, 1.165) is 0 Å². The fourth-order valence-electron chi connectivity index (χ4n) is 1.86. The monoisotopic (exact) mass is 288 g/mol. The number of nitrogen functional groups attached to an aromatic ring is 1. The lowest BCUT2D eigenvalue weighted by Gasteiger charge is -2.09. The van der Waals surface area contributed by atoms with Crippen LogP contribution in [0.2, 0.25) is 0 Å². The number of carboxylic acid groups (broad SMARTS) is 1. The van der Waals surface area contributed by atoms with Gasteiger partial charge in [-0.15, -0.1) is 0 Å². The Morgan fingerprint density at radius 2 is 1.90 bits per heavy atom. The van der Waals surface area contributed by atoms with E-state index in [4.69, 9.17) is 10.8 Å². The first-order chi connectivity index (χ1) is 9.97. The van der Waals surface area contributed by atoms with Crippen LogP contribution in [0.25, 0.3) is 0 Å². The van der Waals surface area contributed by atoms with E-state index in [2.05, 4.69) is 5.32 Å². The lowest BCUT2D eigenvalue weighted by molar-refractivity contribution is -0.115. The molecule has 0 bridgehead atoms. The van der Waals surface area contributed by atoms with E-state index in [0.29, 0.717) is 5.69 Å². The van der Waals surface area contributed by atoms with Gasteiger partial charge in [0.05, 0.1) is 17.7 Å². The lowest BCUT2D eigenvalue weighted by atomic mass is 10.1. The smallest absolute Gasteiger partial charge is 0.337 e. The van der Waals surface area contributed by atoms with Crippen molar-refractivity contribution in [1.82, 2.24) is 0 Å². The molecule has 2 aromatic rings. The Labute approximate surface area is 120 Å². The summed E-state index contributed by atoms with van der Waals surface area (Å²) in [5.41, 5.74) is 6.14. The molecule has 0 heterocycles. The number of carbonyl (C=O) groups excluding carboxylic acids is 1. The van der Waals surface area contributed by atoms with Crippen molar-refractivity contribution in [2.75, 3.05) is 11.1 Å². The van der Waals surface area contributed by atoms with Crippen LogP contribution in [0.5, 0.6) is 0 Å². The molecule has 0 saturated heterocycles. The van der Waals surface area contributed by atoms with E-state index in [-0.39, 0.29) is 23.2 Å². The largest absolute Gasteiger partial charge is 0.478 e. The Hall–Kier alpha value is -2.89. The summed E-state index contributed by atoms with van der Waals surface area (Å²) in [5.74, 6) is -2.19. The summed E-state index contributed by atoms with van der Waals surface area (Å²) in [6, 6.07) is 9.97. The number of carboxylic acids is 1. The molecule has 6 heteroatoms. The van der Waals surface area contributed by atoms with Crippen molar-refractivity contribution in [3.8, 4) is 0 Å². The van der Waals surface area contributed by atoms with Crippen LogP contribution in [-0.4, -0.2) is 17.0 Å². The van der Waals surface area contributed by atoms with Gasteiger partial charge in [-0.25, -0.2) is 9.18 Å². The first-order valence-electron chi connectivity index (χ1n) is 6.13. The van der Waals surface area contributed by atoms with Gasteiger partial charge >= 0.3 is 5.97 Å². The highest BCUT2D eigenvalue weighted by molar-refractivity contribution is 6.01. The Morgan fingerprint density at radius 1 is 1.19 bits per heavy atom. The van der Waals surface area contributed by atoms with Gasteiger partial charge in [0.15, 0.2) is 0 Å². The second kappa shape index (κ2) is 6.04. The molecule has 0 spiro atoms. The molecule has 0 unspecified atom stereocenters. The molecule has 0 saturated carbocycles. The van der Waals surface area contributed by atoms with E-state index >= 15 is 0 Å². The van der Waals surface area contributed by atoms with E-state index in [1.165, 1.54) is 36.4 Å². The van der Waals surface area contributed by atoms with Crippen LogP contribution in [0, 0.1) is 5.82 Å². The molecule has 2 aromatic carbocycles. The third-order valence-electron chi connectivity index (χ3n) is 2.86.